The summed E-state index contributed by atoms with van der Waals surface area (Å²) in [4.78, 5) is 26.1. The van der Waals surface area contributed by atoms with Gasteiger partial charge in [-0.2, -0.15) is 10.1 Å². The number of aromatic nitrogens is 1. The number of para-hydroxylation sites is 1. The Morgan fingerprint density at radius 2 is 1.59 bits per heavy atom. The topological polar surface area (TPSA) is 54.7 Å². The molecule has 1 saturated carbocycles. The van der Waals surface area contributed by atoms with Crippen LogP contribution in [0.4, 0.5) is 0 Å². The summed E-state index contributed by atoms with van der Waals surface area (Å²) in [7, 11) is 0. The molecule has 0 radical (unpaired) electrons. The number of allylic oxidation sites excluding steroid dienone is 2. The highest BCUT2D eigenvalue weighted by atomic mass is 16.2. The molecule has 0 unspecified atom stereocenters. The quantitative estimate of drug-likeness (QED) is 0.352. The Hall–Kier alpha value is -3.47. The molecule has 2 amide bonds. The molecule has 3 aliphatic carbocycles. The van der Waals surface area contributed by atoms with Crippen LogP contribution in [0, 0.1) is 30.6 Å². The molecule has 1 saturated heterocycles. The van der Waals surface area contributed by atoms with E-state index in [1.165, 1.54) is 11.1 Å². The van der Waals surface area contributed by atoms with E-state index in [1.807, 2.05) is 18.2 Å². The van der Waals surface area contributed by atoms with E-state index in [2.05, 4.69) is 65.3 Å². The summed E-state index contributed by atoms with van der Waals surface area (Å²) in [5.74, 6) is -0.384. The van der Waals surface area contributed by atoms with Gasteiger partial charge in [0, 0.05) is 29.2 Å². The average Bonchev–Trinajstić information content (AvgIpc) is 3.31. The predicted molar refractivity (Wildman–Crippen MR) is 124 cm³/mol. The molecule has 32 heavy (non-hydrogen) atoms. The molecule has 5 heteroatoms. The van der Waals surface area contributed by atoms with Gasteiger partial charge in [-0.05, 0) is 48.8 Å². The molecule has 4 atom stereocenters. The first-order valence-corrected chi connectivity index (χ1v) is 11.3. The second-order valence-corrected chi connectivity index (χ2v) is 9.23. The molecule has 2 aromatic carbocycles. The second kappa shape index (κ2) is 7.30. The number of fused-ring (bicyclic) bond motifs is 2. The Bertz CT molecular complexity index is 1270. The zero-order valence-electron chi connectivity index (χ0n) is 18.0. The highest BCUT2D eigenvalue weighted by Gasteiger charge is 2.56. The molecule has 4 aliphatic rings. The third-order valence-corrected chi connectivity index (χ3v) is 7.47. The minimum absolute atomic E-state index is 0.140. The van der Waals surface area contributed by atoms with Crippen molar-refractivity contribution in [2.45, 2.75) is 26.3 Å². The Labute approximate surface area is 187 Å². The van der Waals surface area contributed by atoms with Crippen LogP contribution in [0.3, 0.4) is 0 Å². The van der Waals surface area contributed by atoms with Crippen LogP contribution in [0.1, 0.15) is 29.5 Å². The maximum Gasteiger partial charge on any atom is 0.254 e. The number of carbonyl (C=O) groups is 2. The molecule has 0 N–H and O–H groups in total. The van der Waals surface area contributed by atoms with E-state index in [1.54, 1.807) is 6.21 Å². The van der Waals surface area contributed by atoms with Crippen LogP contribution in [-0.2, 0) is 16.1 Å². The fourth-order valence-electron chi connectivity index (χ4n) is 5.77. The van der Waals surface area contributed by atoms with Gasteiger partial charge < -0.3 is 4.57 Å². The molecule has 2 fully saturated rings. The van der Waals surface area contributed by atoms with E-state index >= 15 is 0 Å². The second-order valence-electron chi connectivity index (χ2n) is 9.23. The highest BCUT2D eigenvalue weighted by Crippen LogP contribution is 2.49. The van der Waals surface area contributed by atoms with Crippen LogP contribution in [0.2, 0.25) is 0 Å². The number of imide groups is 1. The lowest BCUT2D eigenvalue weighted by Crippen LogP contribution is -2.38. The van der Waals surface area contributed by atoms with Crippen LogP contribution in [0.15, 0.2) is 72.0 Å². The summed E-state index contributed by atoms with van der Waals surface area (Å²) in [6, 6.07) is 16.5. The van der Waals surface area contributed by atoms with Crippen molar-refractivity contribution >= 4 is 28.9 Å². The number of amides is 2. The summed E-state index contributed by atoms with van der Waals surface area (Å²) < 4.78 is 2.20. The first kappa shape index (κ1) is 19.2. The molecule has 160 valence electrons. The molecule has 1 aliphatic heterocycles. The van der Waals surface area contributed by atoms with E-state index in [0.29, 0.717) is 0 Å². The lowest BCUT2D eigenvalue weighted by molar-refractivity contribution is -0.140. The monoisotopic (exact) mass is 423 g/mol. The fourth-order valence-corrected chi connectivity index (χ4v) is 5.77. The minimum atomic E-state index is -0.231. The van der Waals surface area contributed by atoms with E-state index < -0.39 is 0 Å². The van der Waals surface area contributed by atoms with E-state index in [4.69, 9.17) is 0 Å². The first-order valence-electron chi connectivity index (χ1n) is 11.3. The van der Waals surface area contributed by atoms with Crippen molar-refractivity contribution in [2.75, 3.05) is 0 Å². The minimum Gasteiger partial charge on any atom is -0.342 e. The predicted octanol–water partition coefficient (Wildman–Crippen LogP) is 4.53. The van der Waals surface area contributed by atoms with Gasteiger partial charge in [0.05, 0.1) is 18.1 Å². The number of hydrazone groups is 1. The van der Waals surface area contributed by atoms with Crippen LogP contribution in [0.25, 0.3) is 10.9 Å². The standard InChI is InChI=1S/C27H25N3O2/c1-17-6-2-3-7-20(17)15-29-16-21(22-8-4-5-9-23(22)29)14-28-30-26(31)24-18-10-11-19(13-12-18)25(24)27(30)32/h2-11,14,16,18-19,24-25H,12-13,15H2,1H3/b28-14-/t18-,19-,24+,25+/m0/s1. The van der Waals surface area contributed by atoms with Crippen LogP contribution in [-0.4, -0.2) is 27.6 Å². The third-order valence-electron chi connectivity index (χ3n) is 7.47. The normalized spacial score (nSPS) is 26.6. The van der Waals surface area contributed by atoms with Crippen molar-refractivity contribution in [3.63, 3.8) is 0 Å². The van der Waals surface area contributed by atoms with Crippen molar-refractivity contribution < 1.29 is 9.59 Å². The Morgan fingerprint density at radius 1 is 0.938 bits per heavy atom. The smallest absolute Gasteiger partial charge is 0.254 e. The molecular weight excluding hydrogens is 398 g/mol. The van der Waals surface area contributed by atoms with Crippen LogP contribution < -0.4 is 0 Å². The van der Waals surface area contributed by atoms with Crippen LogP contribution in [0.5, 0.6) is 0 Å². The summed E-state index contributed by atoms with van der Waals surface area (Å²) >= 11 is 0. The molecular formula is C27H25N3O2. The number of benzene rings is 2. The maximum atomic E-state index is 13.1. The number of hydrogen-bond donors (Lipinski definition) is 0. The van der Waals surface area contributed by atoms with Gasteiger partial charge in [0.1, 0.15) is 0 Å². The average molecular weight is 424 g/mol. The van der Waals surface area contributed by atoms with Crippen molar-refractivity contribution in [3.05, 3.63) is 83.6 Å². The molecule has 5 nitrogen and oxygen atoms in total. The SMILES string of the molecule is Cc1ccccc1Cn1cc(/C=N\N2C(=O)[C@H]3[C@H](C2=O)[C@H]2C=C[C@H]3CC2)c2ccccc21. The van der Waals surface area contributed by atoms with Gasteiger partial charge in [0.2, 0.25) is 0 Å². The third kappa shape index (κ3) is 2.88. The lowest BCUT2D eigenvalue weighted by atomic mass is 9.63. The van der Waals surface area contributed by atoms with Crippen LogP contribution >= 0.6 is 0 Å². The van der Waals surface area contributed by atoms with Gasteiger partial charge in [-0.25, -0.2) is 0 Å². The number of rotatable bonds is 4. The first-order chi connectivity index (χ1) is 15.6. The van der Waals surface area contributed by atoms with Crippen molar-refractivity contribution in [1.82, 2.24) is 9.58 Å². The molecule has 0 spiro atoms. The van der Waals surface area contributed by atoms with E-state index in [9.17, 15) is 9.59 Å². The summed E-state index contributed by atoms with van der Waals surface area (Å²) in [5, 5.41) is 6.63. The van der Waals surface area contributed by atoms with Gasteiger partial charge in [-0.3, -0.25) is 9.59 Å². The van der Waals surface area contributed by atoms with Gasteiger partial charge in [0.25, 0.3) is 11.8 Å². The van der Waals surface area contributed by atoms with Crippen molar-refractivity contribution in [3.8, 4) is 0 Å². The molecule has 3 aromatic rings. The number of hydrogen-bond acceptors (Lipinski definition) is 3. The van der Waals surface area contributed by atoms with Gasteiger partial charge in [-0.15, -0.1) is 0 Å². The van der Waals surface area contributed by atoms with E-state index in [-0.39, 0.29) is 35.5 Å². The summed E-state index contributed by atoms with van der Waals surface area (Å²) in [6.07, 6.45) is 9.99. The molecule has 2 bridgehead atoms. The van der Waals surface area contributed by atoms with E-state index in [0.717, 1.165) is 40.9 Å². The maximum absolute atomic E-state index is 13.1. The Kier molecular flexibility index (Phi) is 4.39. The fraction of sp³-hybridized carbons (Fsp3) is 0.296. The highest BCUT2D eigenvalue weighted by molar-refractivity contribution is 6.07. The van der Waals surface area contributed by atoms with Gasteiger partial charge in [-0.1, -0.05) is 54.6 Å². The number of aryl methyl sites for hydroxylation is 1. The van der Waals surface area contributed by atoms with Crippen molar-refractivity contribution in [1.29, 1.82) is 0 Å². The lowest BCUT2D eigenvalue weighted by Gasteiger charge is -2.37. The summed E-state index contributed by atoms with van der Waals surface area (Å²) in [6.45, 7) is 2.87. The Balaban J connectivity index is 1.33. The summed E-state index contributed by atoms with van der Waals surface area (Å²) in [5.41, 5.74) is 4.52. The molecule has 2 heterocycles. The zero-order valence-corrected chi connectivity index (χ0v) is 18.0. The molecule has 7 rings (SSSR count). The van der Waals surface area contributed by atoms with Crippen molar-refractivity contribution in [2.24, 2.45) is 28.8 Å². The van der Waals surface area contributed by atoms with Gasteiger partial charge >= 0.3 is 0 Å². The number of carbonyl (C=O) groups excluding carboxylic acids is 2. The number of nitrogens with zero attached hydrogens (tertiary/aromatic N) is 3. The Morgan fingerprint density at radius 3 is 2.28 bits per heavy atom. The molecule has 1 aromatic heterocycles. The van der Waals surface area contributed by atoms with Gasteiger partial charge in [0.15, 0.2) is 0 Å². The zero-order chi connectivity index (χ0) is 21.8. The largest absolute Gasteiger partial charge is 0.342 e.